The molecule has 0 bridgehead atoms. The Bertz CT molecular complexity index is 892. The number of benzene rings is 1. The van der Waals surface area contributed by atoms with Crippen LogP contribution in [0.1, 0.15) is 51.4 Å². The van der Waals surface area contributed by atoms with Crippen LogP contribution in [-0.4, -0.2) is 19.2 Å². The Labute approximate surface area is 148 Å². The van der Waals surface area contributed by atoms with Crippen molar-refractivity contribution >= 4 is 10.0 Å². The minimum Gasteiger partial charge on any atom is -0.487 e. The van der Waals surface area contributed by atoms with Crippen LogP contribution in [-0.2, 0) is 28.4 Å². The van der Waals surface area contributed by atoms with Gasteiger partial charge in [0.25, 0.3) is 0 Å². The average molecular weight is 364 g/mol. The van der Waals surface area contributed by atoms with Crippen LogP contribution in [0, 0.1) is 0 Å². The summed E-state index contributed by atoms with van der Waals surface area (Å²) < 4.78 is 38.7. The quantitative estimate of drug-likeness (QED) is 0.901. The molecule has 0 saturated carbocycles. The second-order valence-electron chi connectivity index (χ2n) is 8.07. The monoisotopic (exact) mass is 364 g/mol. The van der Waals surface area contributed by atoms with Gasteiger partial charge in [0.15, 0.2) is 0 Å². The number of nitrogens with one attached hydrogen (secondary N) is 1. The summed E-state index contributed by atoms with van der Waals surface area (Å²) in [7, 11) is -3.63. The molecule has 6 nitrogen and oxygen atoms in total. The number of hydrogen-bond acceptors (Lipinski definition) is 5. The number of ether oxygens (including phenoxy) is 1. The van der Waals surface area contributed by atoms with Crippen molar-refractivity contribution in [1.29, 1.82) is 0 Å². The maximum Gasteiger partial charge on any atom is 0.240 e. The van der Waals surface area contributed by atoms with Gasteiger partial charge in [-0.15, -0.1) is 0 Å². The number of nitrogens with zero attached hydrogens (tertiary/aromatic N) is 1. The highest BCUT2D eigenvalue weighted by atomic mass is 32.2. The molecule has 0 radical (unpaired) electrons. The molecule has 0 unspecified atom stereocenters. The standard InChI is InChI=1S/C18H24N2O4S/c1-17(2,3)16-13(11-23-20-16)10-19-25(21,22)14-6-7-15-12(8-14)9-18(4,5)24-15/h6-8,11,19H,9-10H2,1-5H3. The molecule has 0 atom stereocenters. The molecule has 0 saturated heterocycles. The number of hydrogen-bond donors (Lipinski definition) is 1. The molecule has 25 heavy (non-hydrogen) atoms. The fourth-order valence-electron chi connectivity index (χ4n) is 3.01. The second kappa shape index (κ2) is 5.85. The Kier molecular flexibility index (Phi) is 4.20. The van der Waals surface area contributed by atoms with Crippen molar-refractivity contribution in [2.45, 2.75) is 63.5 Å². The van der Waals surface area contributed by atoms with Crippen molar-refractivity contribution in [3.8, 4) is 5.75 Å². The Morgan fingerprint density at radius 1 is 1.28 bits per heavy atom. The topological polar surface area (TPSA) is 81.4 Å². The van der Waals surface area contributed by atoms with Crippen molar-refractivity contribution in [2.24, 2.45) is 0 Å². The Hall–Kier alpha value is -1.86. The molecule has 0 spiro atoms. The van der Waals surface area contributed by atoms with E-state index in [1.807, 2.05) is 34.6 Å². The third-order valence-electron chi connectivity index (χ3n) is 4.15. The Morgan fingerprint density at radius 2 is 2.00 bits per heavy atom. The molecule has 136 valence electrons. The van der Waals surface area contributed by atoms with Crippen LogP contribution < -0.4 is 9.46 Å². The first-order valence-corrected chi connectivity index (χ1v) is 9.72. The zero-order chi connectivity index (χ0) is 18.5. The normalized spacial score (nSPS) is 16.5. The van der Waals surface area contributed by atoms with Gasteiger partial charge >= 0.3 is 0 Å². The van der Waals surface area contributed by atoms with E-state index in [-0.39, 0.29) is 22.5 Å². The van der Waals surface area contributed by atoms with Crippen LogP contribution in [0.15, 0.2) is 33.9 Å². The molecule has 1 aliphatic heterocycles. The van der Waals surface area contributed by atoms with E-state index in [1.54, 1.807) is 18.2 Å². The highest BCUT2D eigenvalue weighted by Crippen LogP contribution is 2.36. The molecule has 7 heteroatoms. The first-order valence-electron chi connectivity index (χ1n) is 8.23. The molecule has 3 rings (SSSR count). The molecule has 0 amide bonds. The minimum atomic E-state index is -3.63. The van der Waals surface area contributed by atoms with Gasteiger partial charge in [-0.1, -0.05) is 25.9 Å². The number of aromatic nitrogens is 1. The van der Waals surface area contributed by atoms with Crippen LogP contribution in [0.4, 0.5) is 0 Å². The largest absolute Gasteiger partial charge is 0.487 e. The van der Waals surface area contributed by atoms with E-state index in [4.69, 9.17) is 9.26 Å². The van der Waals surface area contributed by atoms with Crippen LogP contribution in [0.5, 0.6) is 5.75 Å². The van der Waals surface area contributed by atoms with E-state index in [0.29, 0.717) is 6.42 Å². The molecule has 1 aliphatic rings. The minimum absolute atomic E-state index is 0.136. The number of sulfonamides is 1. The molecule has 1 N–H and O–H groups in total. The van der Waals surface area contributed by atoms with Gasteiger partial charge in [-0.05, 0) is 37.6 Å². The van der Waals surface area contributed by atoms with Gasteiger partial charge in [-0.2, -0.15) is 0 Å². The van der Waals surface area contributed by atoms with E-state index in [0.717, 1.165) is 22.6 Å². The zero-order valence-corrected chi connectivity index (χ0v) is 16.0. The predicted molar refractivity (Wildman–Crippen MR) is 94.1 cm³/mol. The smallest absolute Gasteiger partial charge is 0.240 e. The van der Waals surface area contributed by atoms with Crippen LogP contribution in [0.3, 0.4) is 0 Å². The summed E-state index contributed by atoms with van der Waals surface area (Å²) >= 11 is 0. The van der Waals surface area contributed by atoms with Crippen LogP contribution >= 0.6 is 0 Å². The van der Waals surface area contributed by atoms with Gasteiger partial charge in [0.2, 0.25) is 10.0 Å². The van der Waals surface area contributed by atoms with E-state index in [2.05, 4.69) is 9.88 Å². The molecule has 2 aromatic rings. The Balaban J connectivity index is 1.79. The molecule has 0 fully saturated rings. The highest BCUT2D eigenvalue weighted by Gasteiger charge is 2.31. The predicted octanol–water partition coefficient (Wildman–Crippen LogP) is 3.16. The van der Waals surface area contributed by atoms with Crippen molar-refractivity contribution in [3.05, 3.63) is 41.3 Å². The van der Waals surface area contributed by atoms with Crippen molar-refractivity contribution in [2.75, 3.05) is 0 Å². The van der Waals surface area contributed by atoms with Gasteiger partial charge in [-0.25, -0.2) is 13.1 Å². The van der Waals surface area contributed by atoms with E-state index in [9.17, 15) is 8.42 Å². The molecule has 2 heterocycles. The maximum atomic E-state index is 12.6. The summed E-state index contributed by atoms with van der Waals surface area (Å²) in [6, 6.07) is 4.98. The SMILES string of the molecule is CC1(C)Cc2cc(S(=O)(=O)NCc3conc3C(C)(C)C)ccc2O1. The van der Waals surface area contributed by atoms with Gasteiger partial charge in [0.05, 0.1) is 10.6 Å². The lowest BCUT2D eigenvalue weighted by Crippen LogP contribution is -2.25. The lowest BCUT2D eigenvalue weighted by molar-refractivity contribution is 0.138. The van der Waals surface area contributed by atoms with Crippen LogP contribution in [0.2, 0.25) is 0 Å². The van der Waals surface area contributed by atoms with Crippen molar-refractivity contribution in [3.63, 3.8) is 0 Å². The number of rotatable bonds is 4. The van der Waals surface area contributed by atoms with E-state index in [1.165, 1.54) is 6.26 Å². The lowest BCUT2D eigenvalue weighted by Gasteiger charge is -2.16. The Morgan fingerprint density at radius 3 is 2.68 bits per heavy atom. The fourth-order valence-corrected chi connectivity index (χ4v) is 4.07. The average Bonchev–Trinajstić information content (AvgIpc) is 3.05. The molecular formula is C18H24N2O4S. The van der Waals surface area contributed by atoms with Gasteiger partial charge < -0.3 is 9.26 Å². The van der Waals surface area contributed by atoms with Crippen molar-refractivity contribution in [1.82, 2.24) is 9.88 Å². The summed E-state index contributed by atoms with van der Waals surface area (Å²) in [5.41, 5.74) is 1.88. The summed E-state index contributed by atoms with van der Waals surface area (Å²) in [4.78, 5) is 0.237. The fraction of sp³-hybridized carbons (Fsp3) is 0.500. The van der Waals surface area contributed by atoms with E-state index >= 15 is 0 Å². The van der Waals surface area contributed by atoms with Crippen molar-refractivity contribution < 1.29 is 17.7 Å². The summed E-state index contributed by atoms with van der Waals surface area (Å²) in [5.74, 6) is 0.748. The van der Waals surface area contributed by atoms with E-state index < -0.39 is 10.0 Å². The number of fused-ring (bicyclic) bond motifs is 1. The van der Waals surface area contributed by atoms with Gasteiger partial charge in [0.1, 0.15) is 17.6 Å². The molecule has 0 aliphatic carbocycles. The first kappa shape index (κ1) is 17.9. The van der Waals surface area contributed by atoms with Crippen LogP contribution in [0.25, 0.3) is 0 Å². The first-order chi connectivity index (χ1) is 11.5. The second-order valence-corrected chi connectivity index (χ2v) is 9.84. The molecule has 1 aromatic carbocycles. The summed E-state index contributed by atoms with van der Waals surface area (Å²) in [5, 5.41) is 4.00. The summed E-state index contributed by atoms with van der Waals surface area (Å²) in [6.45, 7) is 10.1. The molecule has 1 aromatic heterocycles. The lowest BCUT2D eigenvalue weighted by atomic mass is 9.90. The maximum absolute atomic E-state index is 12.6. The third-order valence-corrected chi connectivity index (χ3v) is 5.55. The molecular weight excluding hydrogens is 340 g/mol. The zero-order valence-electron chi connectivity index (χ0n) is 15.2. The summed E-state index contributed by atoms with van der Waals surface area (Å²) in [6.07, 6.45) is 2.17. The third kappa shape index (κ3) is 3.72. The van der Waals surface area contributed by atoms with Gasteiger partial charge in [-0.3, -0.25) is 0 Å². The van der Waals surface area contributed by atoms with Gasteiger partial charge in [0, 0.05) is 23.9 Å². The highest BCUT2D eigenvalue weighted by molar-refractivity contribution is 7.89.